The summed E-state index contributed by atoms with van der Waals surface area (Å²) >= 11 is 0. The molecule has 26 heavy (non-hydrogen) atoms. The van der Waals surface area contributed by atoms with Gasteiger partial charge in [-0.25, -0.2) is 0 Å². The minimum atomic E-state index is -4.49. The zero-order chi connectivity index (χ0) is 19.2. The van der Waals surface area contributed by atoms with Gasteiger partial charge in [-0.2, -0.15) is 13.2 Å². The molecule has 2 aromatic carbocycles. The number of para-hydroxylation sites is 2. The number of hydrogen-bond donors (Lipinski definition) is 2. The average Bonchev–Trinajstić information content (AvgIpc) is 2.61. The van der Waals surface area contributed by atoms with Crippen molar-refractivity contribution in [1.29, 1.82) is 0 Å². The van der Waals surface area contributed by atoms with Gasteiger partial charge in [-0.05, 0) is 24.3 Å². The number of nitrogens with zero attached hydrogens (tertiary/aromatic N) is 1. The molecule has 0 aliphatic rings. The fraction of sp³-hybridized carbons (Fsp3) is 0.176. The number of ether oxygens (including phenoxy) is 1. The first-order chi connectivity index (χ1) is 12.3. The number of alkyl halides is 3. The van der Waals surface area contributed by atoms with Gasteiger partial charge in [-0.15, -0.1) is 0 Å². The second kappa shape index (κ2) is 8.24. The molecule has 0 aromatic heterocycles. The van der Waals surface area contributed by atoms with Crippen molar-refractivity contribution in [2.24, 2.45) is 10.9 Å². The maximum atomic E-state index is 12.7. The Hall–Kier alpha value is -3.23. The fourth-order valence-corrected chi connectivity index (χ4v) is 2.00. The van der Waals surface area contributed by atoms with Crippen molar-refractivity contribution in [3.63, 3.8) is 0 Å². The smallest absolute Gasteiger partial charge is 0.416 e. The van der Waals surface area contributed by atoms with E-state index < -0.39 is 24.3 Å². The number of carbonyl (C=O) groups excluding carboxylic acids is 1. The molecule has 3 N–H and O–H groups in total. The molecule has 0 bridgehead atoms. The molecular weight excluding hydrogens is 351 g/mol. The van der Waals surface area contributed by atoms with Crippen LogP contribution in [-0.2, 0) is 15.8 Å². The number of benzene rings is 2. The van der Waals surface area contributed by atoms with Crippen LogP contribution in [-0.4, -0.2) is 25.5 Å². The van der Waals surface area contributed by atoms with Crippen molar-refractivity contribution in [2.45, 2.75) is 6.18 Å². The molecule has 0 aliphatic carbocycles. The van der Waals surface area contributed by atoms with E-state index in [4.69, 9.17) is 15.3 Å². The molecule has 0 radical (unpaired) electrons. The predicted octanol–water partition coefficient (Wildman–Crippen LogP) is 2.99. The van der Waals surface area contributed by atoms with Crippen LogP contribution in [0, 0.1) is 0 Å². The lowest BCUT2D eigenvalue weighted by molar-refractivity contribution is -0.137. The third-order valence-corrected chi connectivity index (χ3v) is 3.23. The molecule has 2 rings (SSSR count). The van der Waals surface area contributed by atoms with Gasteiger partial charge in [0.25, 0.3) is 5.91 Å². The van der Waals surface area contributed by atoms with E-state index in [0.29, 0.717) is 11.4 Å². The van der Waals surface area contributed by atoms with Crippen LogP contribution in [0.5, 0.6) is 5.75 Å². The molecule has 0 aliphatic heterocycles. The molecule has 0 atom stereocenters. The number of nitrogens with two attached hydrogens (primary N) is 1. The number of amidine groups is 1. The summed E-state index contributed by atoms with van der Waals surface area (Å²) in [5, 5.41) is 6.03. The Labute approximate surface area is 147 Å². The Morgan fingerprint density at radius 3 is 2.62 bits per heavy atom. The highest BCUT2D eigenvalue weighted by Gasteiger charge is 2.30. The van der Waals surface area contributed by atoms with Crippen LogP contribution in [0.2, 0.25) is 0 Å². The monoisotopic (exact) mass is 367 g/mol. The minimum absolute atomic E-state index is 0.0324. The summed E-state index contributed by atoms with van der Waals surface area (Å²) in [7, 11) is 1.46. The zero-order valence-corrected chi connectivity index (χ0v) is 13.7. The molecule has 2 aromatic rings. The number of halogens is 3. The summed E-state index contributed by atoms with van der Waals surface area (Å²) in [5.41, 5.74) is 5.21. The molecule has 0 heterocycles. The standard InChI is InChI=1S/C17H16F3N3O3/c1-25-14-8-3-2-7-13(14)22-15(24)10-26-23-16(21)11-5-4-6-12(9-11)17(18,19)20/h2-9H,10H2,1H3,(H2,21,23)(H,22,24). The van der Waals surface area contributed by atoms with Gasteiger partial charge >= 0.3 is 6.18 Å². The number of nitrogens with one attached hydrogen (secondary N) is 1. The predicted molar refractivity (Wildman–Crippen MR) is 89.7 cm³/mol. The first kappa shape index (κ1) is 19.1. The van der Waals surface area contributed by atoms with E-state index in [0.717, 1.165) is 12.1 Å². The Morgan fingerprint density at radius 1 is 1.19 bits per heavy atom. The van der Waals surface area contributed by atoms with Crippen LogP contribution in [0.4, 0.5) is 18.9 Å². The largest absolute Gasteiger partial charge is 0.495 e. The Balaban J connectivity index is 1.96. The van der Waals surface area contributed by atoms with Crippen molar-refractivity contribution in [3.8, 4) is 5.75 Å². The number of anilines is 1. The first-order valence-electron chi connectivity index (χ1n) is 7.37. The van der Waals surface area contributed by atoms with Crippen molar-refractivity contribution in [1.82, 2.24) is 0 Å². The van der Waals surface area contributed by atoms with Crippen LogP contribution >= 0.6 is 0 Å². The molecule has 0 fully saturated rings. The van der Waals surface area contributed by atoms with Gasteiger partial charge < -0.3 is 20.6 Å². The number of amides is 1. The Morgan fingerprint density at radius 2 is 1.92 bits per heavy atom. The lowest BCUT2D eigenvalue weighted by Crippen LogP contribution is -2.20. The van der Waals surface area contributed by atoms with Gasteiger partial charge in [0.2, 0.25) is 0 Å². The number of carbonyl (C=O) groups is 1. The summed E-state index contributed by atoms with van der Waals surface area (Å²) in [4.78, 5) is 16.6. The topological polar surface area (TPSA) is 85.9 Å². The number of methoxy groups -OCH3 is 1. The van der Waals surface area contributed by atoms with Gasteiger partial charge in [0.1, 0.15) is 5.75 Å². The lowest BCUT2D eigenvalue weighted by Gasteiger charge is -2.09. The van der Waals surface area contributed by atoms with Crippen molar-refractivity contribution < 1.29 is 27.5 Å². The Bertz CT molecular complexity index is 807. The summed E-state index contributed by atoms with van der Waals surface area (Å²) in [6.45, 7) is -0.474. The van der Waals surface area contributed by atoms with Gasteiger partial charge in [-0.1, -0.05) is 29.4 Å². The maximum Gasteiger partial charge on any atom is 0.416 e. The van der Waals surface area contributed by atoms with Crippen molar-refractivity contribution >= 4 is 17.4 Å². The number of hydrogen-bond acceptors (Lipinski definition) is 4. The maximum absolute atomic E-state index is 12.7. The van der Waals surface area contributed by atoms with E-state index in [9.17, 15) is 18.0 Å². The van der Waals surface area contributed by atoms with E-state index in [2.05, 4.69) is 10.5 Å². The number of oxime groups is 1. The van der Waals surface area contributed by atoms with E-state index in [1.54, 1.807) is 24.3 Å². The van der Waals surface area contributed by atoms with Crippen molar-refractivity contribution in [2.75, 3.05) is 19.0 Å². The second-order valence-electron chi connectivity index (χ2n) is 5.08. The highest BCUT2D eigenvalue weighted by molar-refractivity contribution is 5.97. The fourth-order valence-electron chi connectivity index (χ4n) is 2.00. The summed E-state index contributed by atoms with van der Waals surface area (Å²) in [6, 6.07) is 11.1. The second-order valence-corrected chi connectivity index (χ2v) is 5.08. The molecule has 6 nitrogen and oxygen atoms in total. The van der Waals surface area contributed by atoms with Crippen molar-refractivity contribution in [3.05, 3.63) is 59.7 Å². The third-order valence-electron chi connectivity index (χ3n) is 3.23. The highest BCUT2D eigenvalue weighted by Crippen LogP contribution is 2.29. The third kappa shape index (κ3) is 5.13. The van der Waals surface area contributed by atoms with E-state index in [1.807, 2.05) is 0 Å². The normalized spacial score (nSPS) is 11.8. The van der Waals surface area contributed by atoms with Crippen LogP contribution in [0.1, 0.15) is 11.1 Å². The van der Waals surface area contributed by atoms with Crippen LogP contribution in [0.15, 0.2) is 53.7 Å². The molecule has 1 amide bonds. The van der Waals surface area contributed by atoms with Gasteiger partial charge in [0.05, 0.1) is 18.4 Å². The Kier molecular flexibility index (Phi) is 6.05. The van der Waals surface area contributed by atoms with Gasteiger partial charge in [0, 0.05) is 5.56 Å². The van der Waals surface area contributed by atoms with Gasteiger partial charge in [0.15, 0.2) is 12.4 Å². The quantitative estimate of drug-likeness (QED) is 0.467. The van der Waals surface area contributed by atoms with Crippen LogP contribution in [0.3, 0.4) is 0 Å². The minimum Gasteiger partial charge on any atom is -0.495 e. The van der Waals surface area contributed by atoms with Crippen LogP contribution < -0.4 is 15.8 Å². The average molecular weight is 367 g/mol. The van der Waals surface area contributed by atoms with Crippen LogP contribution in [0.25, 0.3) is 0 Å². The zero-order valence-electron chi connectivity index (χ0n) is 13.7. The van der Waals surface area contributed by atoms with E-state index in [-0.39, 0.29) is 11.4 Å². The van der Waals surface area contributed by atoms with E-state index >= 15 is 0 Å². The summed E-state index contributed by atoms with van der Waals surface area (Å²) in [6.07, 6.45) is -4.49. The molecule has 138 valence electrons. The molecule has 9 heteroatoms. The SMILES string of the molecule is COc1ccccc1NC(=O)CON=C(N)c1cccc(C(F)(F)F)c1. The lowest BCUT2D eigenvalue weighted by atomic mass is 10.1. The summed E-state index contributed by atoms with van der Waals surface area (Å²) < 4.78 is 43.1. The molecule has 0 spiro atoms. The highest BCUT2D eigenvalue weighted by atomic mass is 19.4. The first-order valence-corrected chi connectivity index (χ1v) is 7.37. The number of rotatable bonds is 6. The molecule has 0 saturated heterocycles. The molecule has 0 saturated carbocycles. The molecular formula is C17H16F3N3O3. The summed E-state index contributed by atoms with van der Waals surface area (Å²) in [5.74, 6) is -0.343. The van der Waals surface area contributed by atoms with Gasteiger partial charge in [-0.3, -0.25) is 4.79 Å². The molecule has 0 unspecified atom stereocenters. The van der Waals surface area contributed by atoms with E-state index in [1.165, 1.54) is 19.2 Å².